The zero-order chi connectivity index (χ0) is 25.7. The Hall–Kier alpha value is -0.595. The highest BCUT2D eigenvalue weighted by Gasteiger charge is 2.51. The topological polar surface area (TPSA) is 24.9 Å². The Kier molecular flexibility index (Phi) is 11.0. The van der Waals surface area contributed by atoms with Crippen LogP contribution in [0.2, 0.25) is 10.0 Å². The second-order valence-corrected chi connectivity index (χ2v) is 12.0. The van der Waals surface area contributed by atoms with Crippen LogP contribution >= 0.6 is 39.1 Å². The second-order valence-electron chi connectivity index (χ2n) is 10.3. The van der Waals surface area contributed by atoms with Crippen molar-refractivity contribution < 1.29 is 9.31 Å². The van der Waals surface area contributed by atoms with Gasteiger partial charge >= 0.3 is 7.12 Å². The minimum absolute atomic E-state index is 0.326. The molecule has 4 nitrogen and oxygen atoms in total. The van der Waals surface area contributed by atoms with E-state index in [0.717, 1.165) is 51.5 Å². The molecule has 0 aromatic heterocycles. The fraction of sp³-hybridized carbons (Fsp3) is 0.538. The van der Waals surface area contributed by atoms with Crippen LogP contribution in [0.1, 0.15) is 38.8 Å². The van der Waals surface area contributed by atoms with Crippen molar-refractivity contribution in [2.75, 3.05) is 41.3 Å². The Morgan fingerprint density at radius 3 is 1.62 bits per heavy atom. The van der Waals surface area contributed by atoms with Crippen molar-refractivity contribution in [3.63, 3.8) is 0 Å². The normalized spacial score (nSPS) is 16.7. The van der Waals surface area contributed by atoms with E-state index in [1.54, 1.807) is 0 Å². The smallest absolute Gasteiger partial charge is 0.399 e. The van der Waals surface area contributed by atoms with E-state index in [9.17, 15) is 0 Å². The number of halogens is 3. The fourth-order valence-corrected chi connectivity index (χ4v) is 4.36. The molecule has 0 spiro atoms. The minimum Gasteiger partial charge on any atom is -0.399 e. The van der Waals surface area contributed by atoms with Crippen molar-refractivity contribution in [3.8, 4) is 0 Å². The van der Waals surface area contributed by atoms with Crippen LogP contribution in [-0.4, -0.2) is 69.4 Å². The standard InChI is InChI=1S/C16H25BClNO2.C10H13BrClN/c1-15(2)16(3,4)21-17(20-15)13-8-7-12(14(18)11-13)9-10-19(5)6;1-13(2)6-5-8-3-4-9(11)7-10(8)12/h7-8,11H,9-10H2,1-6H3;3-4,7H,5-6H2,1-2H3. The fourth-order valence-electron chi connectivity index (χ4n) is 3.30. The lowest BCUT2D eigenvalue weighted by Crippen LogP contribution is -2.41. The third kappa shape index (κ3) is 8.51. The molecule has 0 N–H and O–H groups in total. The molecule has 1 saturated heterocycles. The number of rotatable bonds is 7. The van der Waals surface area contributed by atoms with Gasteiger partial charge in [-0.3, -0.25) is 0 Å². The van der Waals surface area contributed by atoms with Crippen molar-refractivity contribution in [2.45, 2.75) is 51.7 Å². The molecule has 0 amide bonds. The van der Waals surface area contributed by atoms with Crippen LogP contribution in [0.5, 0.6) is 0 Å². The molecular formula is C26H38BBrCl2N2O2. The highest BCUT2D eigenvalue weighted by Crippen LogP contribution is 2.36. The summed E-state index contributed by atoms with van der Waals surface area (Å²) in [6.45, 7) is 10.2. The number of hydrogen-bond donors (Lipinski definition) is 0. The van der Waals surface area contributed by atoms with Crippen LogP contribution in [-0.2, 0) is 22.2 Å². The Labute approximate surface area is 225 Å². The van der Waals surface area contributed by atoms with Gasteiger partial charge in [0, 0.05) is 27.6 Å². The molecule has 3 rings (SSSR count). The first-order valence-corrected chi connectivity index (χ1v) is 13.1. The van der Waals surface area contributed by atoms with Crippen LogP contribution in [0.3, 0.4) is 0 Å². The summed E-state index contributed by atoms with van der Waals surface area (Å²) in [7, 11) is 7.90. The van der Waals surface area contributed by atoms with Crippen LogP contribution in [0, 0.1) is 0 Å². The Morgan fingerprint density at radius 2 is 1.21 bits per heavy atom. The Morgan fingerprint density at radius 1 is 0.765 bits per heavy atom. The summed E-state index contributed by atoms with van der Waals surface area (Å²) in [4.78, 5) is 4.30. The molecule has 0 atom stereocenters. The van der Waals surface area contributed by atoms with E-state index in [0.29, 0.717) is 0 Å². The van der Waals surface area contributed by atoms with Crippen molar-refractivity contribution >= 4 is 51.7 Å². The first kappa shape index (κ1) is 29.6. The molecule has 2 aromatic rings. The lowest BCUT2D eigenvalue weighted by molar-refractivity contribution is 0.00578. The van der Waals surface area contributed by atoms with Crippen molar-refractivity contribution in [1.82, 2.24) is 9.80 Å². The molecule has 1 aliphatic rings. The summed E-state index contributed by atoms with van der Waals surface area (Å²) in [5.74, 6) is 0. The third-order valence-corrected chi connectivity index (χ3v) is 7.47. The maximum absolute atomic E-state index is 6.40. The van der Waals surface area contributed by atoms with Crippen LogP contribution in [0.25, 0.3) is 0 Å². The van der Waals surface area contributed by atoms with Gasteiger partial charge in [-0.2, -0.15) is 0 Å². The molecule has 1 aliphatic heterocycles. The maximum Gasteiger partial charge on any atom is 0.494 e. The predicted molar refractivity (Wildman–Crippen MR) is 151 cm³/mol. The van der Waals surface area contributed by atoms with Crippen molar-refractivity contribution in [1.29, 1.82) is 0 Å². The molecule has 2 aromatic carbocycles. The van der Waals surface area contributed by atoms with Crippen molar-refractivity contribution in [3.05, 3.63) is 62.0 Å². The molecule has 0 radical (unpaired) electrons. The van der Waals surface area contributed by atoms with E-state index >= 15 is 0 Å². The van der Waals surface area contributed by atoms with Gasteiger partial charge in [0.1, 0.15) is 0 Å². The average molecular weight is 572 g/mol. The van der Waals surface area contributed by atoms with Crippen LogP contribution in [0.15, 0.2) is 40.9 Å². The molecule has 0 bridgehead atoms. The molecule has 188 valence electrons. The van der Waals surface area contributed by atoms with Crippen LogP contribution in [0.4, 0.5) is 0 Å². The summed E-state index contributed by atoms with van der Waals surface area (Å²) in [5.41, 5.74) is 2.69. The molecule has 0 aliphatic carbocycles. The lowest BCUT2D eigenvalue weighted by atomic mass is 9.78. The van der Waals surface area contributed by atoms with Gasteiger partial charge in [-0.25, -0.2) is 0 Å². The molecule has 1 fully saturated rings. The Bertz CT molecular complexity index is 938. The SMILES string of the molecule is CN(C)CCc1ccc(B2OC(C)(C)C(C)(C)O2)cc1Cl.CN(C)CCc1ccc(Br)cc1Cl. The minimum atomic E-state index is -0.351. The number of nitrogens with zero attached hydrogens (tertiary/aromatic N) is 2. The van der Waals surface area contributed by atoms with E-state index in [4.69, 9.17) is 32.5 Å². The summed E-state index contributed by atoms with van der Waals surface area (Å²) in [5, 5.41) is 1.63. The number of hydrogen-bond acceptors (Lipinski definition) is 4. The third-order valence-electron chi connectivity index (χ3n) is 6.27. The average Bonchev–Trinajstić information content (AvgIpc) is 2.93. The van der Waals surface area contributed by atoms with Gasteiger partial charge in [-0.15, -0.1) is 0 Å². The largest absolute Gasteiger partial charge is 0.494 e. The first-order valence-electron chi connectivity index (χ1n) is 11.6. The van der Waals surface area contributed by atoms with Gasteiger partial charge < -0.3 is 19.1 Å². The lowest BCUT2D eigenvalue weighted by Gasteiger charge is -2.32. The van der Waals surface area contributed by atoms with E-state index in [2.05, 4.69) is 99.8 Å². The molecule has 0 unspecified atom stereocenters. The molecule has 34 heavy (non-hydrogen) atoms. The van der Waals surface area contributed by atoms with Gasteiger partial charge in [-0.05, 0) is 104 Å². The molecule has 1 heterocycles. The highest BCUT2D eigenvalue weighted by atomic mass is 79.9. The van der Waals surface area contributed by atoms with Crippen LogP contribution < -0.4 is 5.46 Å². The Balaban J connectivity index is 0.000000270. The van der Waals surface area contributed by atoms with E-state index in [1.807, 2.05) is 18.2 Å². The van der Waals surface area contributed by atoms with Gasteiger partial charge in [0.05, 0.1) is 11.2 Å². The molecule has 8 heteroatoms. The van der Waals surface area contributed by atoms with E-state index in [-0.39, 0.29) is 18.3 Å². The summed E-state index contributed by atoms with van der Waals surface area (Å²) in [6, 6.07) is 12.1. The van der Waals surface area contributed by atoms with Crippen molar-refractivity contribution in [2.24, 2.45) is 0 Å². The van der Waals surface area contributed by atoms with Gasteiger partial charge in [0.25, 0.3) is 0 Å². The maximum atomic E-state index is 6.40. The summed E-state index contributed by atoms with van der Waals surface area (Å²) >= 11 is 15.8. The van der Waals surface area contributed by atoms with E-state index < -0.39 is 0 Å². The van der Waals surface area contributed by atoms with Gasteiger partial charge in [0.15, 0.2) is 0 Å². The van der Waals surface area contributed by atoms with Gasteiger partial charge in [0.2, 0.25) is 0 Å². The number of benzene rings is 2. The summed E-state index contributed by atoms with van der Waals surface area (Å²) < 4.78 is 13.1. The predicted octanol–water partition coefficient (Wildman–Crippen LogP) is 5.95. The van der Waals surface area contributed by atoms with Gasteiger partial charge in [-0.1, -0.05) is 57.3 Å². The molecular weight excluding hydrogens is 534 g/mol. The summed E-state index contributed by atoms with van der Waals surface area (Å²) in [6.07, 6.45) is 1.94. The highest BCUT2D eigenvalue weighted by molar-refractivity contribution is 9.10. The second kappa shape index (κ2) is 12.6. The quantitative estimate of drug-likeness (QED) is 0.383. The first-order chi connectivity index (χ1) is 15.7. The molecule has 0 saturated carbocycles. The number of likely N-dealkylation sites (N-methyl/N-ethyl adjacent to an activating group) is 2. The zero-order valence-corrected chi connectivity index (χ0v) is 24.8. The monoisotopic (exact) mass is 570 g/mol. The van der Waals surface area contributed by atoms with E-state index in [1.165, 1.54) is 5.56 Å². The zero-order valence-electron chi connectivity index (χ0n) is 21.7.